The zero-order valence-electron chi connectivity index (χ0n) is 12.3. The van der Waals surface area contributed by atoms with Gasteiger partial charge in [-0.1, -0.05) is 12.1 Å². The number of carbonyl (C=O) groups is 1. The van der Waals surface area contributed by atoms with Gasteiger partial charge in [0.2, 0.25) is 5.91 Å². The van der Waals surface area contributed by atoms with E-state index in [1.165, 1.54) is 0 Å². The van der Waals surface area contributed by atoms with Crippen LogP contribution in [0.4, 0.5) is 5.69 Å². The number of nitrogens with zero attached hydrogens (tertiary/aromatic N) is 2. The molecule has 1 saturated heterocycles. The minimum Gasteiger partial charge on any atom is -0.324 e. The molecule has 1 atom stereocenters. The third-order valence-corrected chi connectivity index (χ3v) is 4.12. The Morgan fingerprint density at radius 3 is 2.75 bits per heavy atom. The molecule has 0 aromatic heterocycles. The van der Waals surface area contributed by atoms with E-state index in [-0.39, 0.29) is 17.5 Å². The minimum absolute atomic E-state index is 0.0531. The van der Waals surface area contributed by atoms with Gasteiger partial charge in [-0.05, 0) is 52.3 Å². The van der Waals surface area contributed by atoms with Crippen molar-refractivity contribution in [2.45, 2.75) is 45.2 Å². The van der Waals surface area contributed by atoms with Crippen molar-refractivity contribution in [1.82, 2.24) is 4.90 Å². The van der Waals surface area contributed by atoms with Gasteiger partial charge >= 0.3 is 0 Å². The molecule has 1 unspecified atom stereocenters. The average Bonchev–Trinajstić information content (AvgIpc) is 2.78. The topological polar surface area (TPSA) is 56.1 Å². The molecule has 1 heterocycles. The van der Waals surface area contributed by atoms with E-state index in [0.29, 0.717) is 11.3 Å². The van der Waals surface area contributed by atoms with Crippen LogP contribution in [-0.2, 0) is 4.79 Å². The molecular weight excluding hydrogens is 250 g/mol. The molecule has 4 nitrogen and oxygen atoms in total. The highest BCUT2D eigenvalue weighted by molar-refractivity contribution is 5.95. The van der Waals surface area contributed by atoms with Crippen LogP contribution in [0, 0.1) is 11.3 Å². The summed E-state index contributed by atoms with van der Waals surface area (Å²) >= 11 is 0. The molecule has 20 heavy (non-hydrogen) atoms. The number of nitriles is 1. The quantitative estimate of drug-likeness (QED) is 0.919. The van der Waals surface area contributed by atoms with Gasteiger partial charge in [0.1, 0.15) is 6.07 Å². The lowest BCUT2D eigenvalue weighted by Crippen LogP contribution is -2.49. The van der Waals surface area contributed by atoms with E-state index in [0.717, 1.165) is 19.4 Å². The molecule has 0 aliphatic carbocycles. The molecule has 1 aliphatic rings. The first kappa shape index (κ1) is 14.5. The first-order chi connectivity index (χ1) is 9.45. The van der Waals surface area contributed by atoms with Gasteiger partial charge in [-0.15, -0.1) is 0 Å². The van der Waals surface area contributed by atoms with E-state index in [1.807, 2.05) is 13.0 Å². The number of carbonyl (C=O) groups excluding carboxylic acids is 1. The summed E-state index contributed by atoms with van der Waals surface area (Å²) in [6.45, 7) is 7.22. The number of para-hydroxylation sites is 1. The van der Waals surface area contributed by atoms with Crippen molar-refractivity contribution in [3.8, 4) is 6.07 Å². The van der Waals surface area contributed by atoms with Crippen LogP contribution >= 0.6 is 0 Å². The number of nitrogens with one attached hydrogen (secondary N) is 1. The smallest absolute Gasteiger partial charge is 0.241 e. The predicted molar refractivity (Wildman–Crippen MR) is 79.3 cm³/mol. The molecule has 2 rings (SSSR count). The molecule has 106 valence electrons. The second-order valence-electron chi connectivity index (χ2n) is 5.93. The van der Waals surface area contributed by atoms with Crippen molar-refractivity contribution < 1.29 is 4.79 Å². The SMILES string of the molecule is CC(C(=O)Nc1ccccc1C#N)N1CCCC1(C)C. The average molecular weight is 271 g/mol. The Morgan fingerprint density at radius 1 is 1.45 bits per heavy atom. The molecule has 0 spiro atoms. The zero-order chi connectivity index (χ0) is 14.8. The summed E-state index contributed by atoms with van der Waals surface area (Å²) in [5.74, 6) is -0.0531. The Bertz CT molecular complexity index is 545. The summed E-state index contributed by atoms with van der Waals surface area (Å²) < 4.78 is 0. The highest BCUT2D eigenvalue weighted by atomic mass is 16.2. The van der Waals surface area contributed by atoms with Crippen LogP contribution in [0.3, 0.4) is 0 Å². The summed E-state index contributed by atoms with van der Waals surface area (Å²) in [5, 5.41) is 11.9. The van der Waals surface area contributed by atoms with Gasteiger partial charge in [0.05, 0.1) is 17.3 Å². The highest BCUT2D eigenvalue weighted by Crippen LogP contribution is 2.30. The lowest BCUT2D eigenvalue weighted by atomic mass is 10.0. The summed E-state index contributed by atoms with van der Waals surface area (Å²) in [6.07, 6.45) is 2.23. The molecule has 1 N–H and O–H groups in total. The first-order valence-corrected chi connectivity index (χ1v) is 7.02. The molecule has 1 aromatic rings. The largest absolute Gasteiger partial charge is 0.324 e. The van der Waals surface area contributed by atoms with Crippen molar-refractivity contribution >= 4 is 11.6 Å². The van der Waals surface area contributed by atoms with Crippen LogP contribution in [0.15, 0.2) is 24.3 Å². The Hall–Kier alpha value is -1.86. The van der Waals surface area contributed by atoms with Crippen molar-refractivity contribution in [1.29, 1.82) is 5.26 Å². The van der Waals surface area contributed by atoms with Gasteiger partial charge in [0.25, 0.3) is 0 Å². The van der Waals surface area contributed by atoms with Crippen LogP contribution < -0.4 is 5.32 Å². The summed E-state index contributed by atoms with van der Waals surface area (Å²) in [4.78, 5) is 14.6. The van der Waals surface area contributed by atoms with Crippen LogP contribution in [-0.4, -0.2) is 28.9 Å². The van der Waals surface area contributed by atoms with Gasteiger partial charge in [-0.2, -0.15) is 5.26 Å². The van der Waals surface area contributed by atoms with E-state index in [9.17, 15) is 4.79 Å². The minimum atomic E-state index is -0.195. The maximum absolute atomic E-state index is 12.4. The van der Waals surface area contributed by atoms with Gasteiger partial charge in [0, 0.05) is 5.54 Å². The molecule has 0 bridgehead atoms. The lowest BCUT2D eigenvalue weighted by molar-refractivity contribution is -0.122. The van der Waals surface area contributed by atoms with Crippen molar-refractivity contribution in [3.05, 3.63) is 29.8 Å². The predicted octanol–water partition coefficient (Wildman–Crippen LogP) is 2.76. The van der Waals surface area contributed by atoms with E-state index in [1.54, 1.807) is 18.2 Å². The second kappa shape index (κ2) is 5.64. The van der Waals surface area contributed by atoms with Gasteiger partial charge in [-0.3, -0.25) is 9.69 Å². The van der Waals surface area contributed by atoms with Gasteiger partial charge in [-0.25, -0.2) is 0 Å². The van der Waals surface area contributed by atoms with Crippen molar-refractivity contribution in [2.24, 2.45) is 0 Å². The second-order valence-corrected chi connectivity index (χ2v) is 5.93. The molecular formula is C16H21N3O. The molecule has 4 heteroatoms. The Balaban J connectivity index is 2.11. The maximum Gasteiger partial charge on any atom is 0.241 e. The molecule has 1 amide bonds. The monoisotopic (exact) mass is 271 g/mol. The Morgan fingerprint density at radius 2 is 2.15 bits per heavy atom. The van der Waals surface area contributed by atoms with E-state index in [4.69, 9.17) is 5.26 Å². The number of hydrogen-bond acceptors (Lipinski definition) is 3. The molecule has 1 aliphatic heterocycles. The van der Waals surface area contributed by atoms with E-state index >= 15 is 0 Å². The molecule has 0 saturated carbocycles. The molecule has 1 aromatic carbocycles. The fraction of sp³-hybridized carbons (Fsp3) is 0.500. The first-order valence-electron chi connectivity index (χ1n) is 7.02. The Kier molecular flexibility index (Phi) is 4.10. The maximum atomic E-state index is 12.4. The summed E-state index contributed by atoms with van der Waals surface area (Å²) in [6, 6.07) is 8.99. The fourth-order valence-electron chi connectivity index (χ4n) is 2.91. The fourth-order valence-corrected chi connectivity index (χ4v) is 2.91. The number of benzene rings is 1. The number of likely N-dealkylation sites (tertiary alicyclic amines) is 1. The Labute approximate surface area is 120 Å². The van der Waals surface area contributed by atoms with Gasteiger partial charge in [0.15, 0.2) is 0 Å². The lowest BCUT2D eigenvalue weighted by Gasteiger charge is -2.35. The van der Waals surface area contributed by atoms with Crippen LogP contribution in [0.25, 0.3) is 0 Å². The summed E-state index contributed by atoms with van der Waals surface area (Å²) in [5.41, 5.74) is 1.14. The van der Waals surface area contributed by atoms with E-state index in [2.05, 4.69) is 30.1 Å². The van der Waals surface area contributed by atoms with Crippen molar-refractivity contribution in [3.63, 3.8) is 0 Å². The third-order valence-electron chi connectivity index (χ3n) is 4.12. The standard InChI is InChI=1S/C16H21N3O/c1-12(19-10-6-9-16(19,2)3)15(20)18-14-8-5-4-7-13(14)11-17/h4-5,7-8,12H,6,9-10H2,1-3H3,(H,18,20). The van der Waals surface area contributed by atoms with Crippen LogP contribution in [0.5, 0.6) is 0 Å². The number of rotatable bonds is 3. The van der Waals surface area contributed by atoms with E-state index < -0.39 is 0 Å². The molecule has 1 fully saturated rings. The number of hydrogen-bond donors (Lipinski definition) is 1. The number of anilines is 1. The normalized spacial score (nSPS) is 19.3. The van der Waals surface area contributed by atoms with Crippen LogP contribution in [0.2, 0.25) is 0 Å². The van der Waals surface area contributed by atoms with Gasteiger partial charge < -0.3 is 5.32 Å². The van der Waals surface area contributed by atoms with Crippen molar-refractivity contribution in [2.75, 3.05) is 11.9 Å². The van der Waals surface area contributed by atoms with Crippen LogP contribution in [0.1, 0.15) is 39.2 Å². The number of amides is 1. The zero-order valence-corrected chi connectivity index (χ0v) is 12.3. The summed E-state index contributed by atoms with van der Waals surface area (Å²) in [7, 11) is 0. The third kappa shape index (κ3) is 2.83. The molecule has 0 radical (unpaired) electrons. The highest BCUT2D eigenvalue weighted by Gasteiger charge is 2.37.